The van der Waals surface area contributed by atoms with E-state index in [0.29, 0.717) is 49.5 Å². The van der Waals surface area contributed by atoms with Crippen LogP contribution in [0.2, 0.25) is 0 Å². The maximum Gasteiger partial charge on any atom is 0.220 e. The quantitative estimate of drug-likeness (QED) is 0.156. The molecular formula is C43H69NO4. The van der Waals surface area contributed by atoms with Crippen LogP contribution in [0.4, 0.5) is 0 Å². The van der Waals surface area contributed by atoms with Gasteiger partial charge in [-0.2, -0.15) is 0 Å². The van der Waals surface area contributed by atoms with Gasteiger partial charge in [-0.25, -0.2) is 0 Å². The Labute approximate surface area is 293 Å². The van der Waals surface area contributed by atoms with E-state index in [1.807, 2.05) is 0 Å². The number of unbranched alkanes of at least 4 members (excludes halogenated alkanes) is 6. The summed E-state index contributed by atoms with van der Waals surface area (Å²) in [6.45, 7) is 26.1. The van der Waals surface area contributed by atoms with Crippen LogP contribution in [0.3, 0.4) is 0 Å². The second kappa shape index (κ2) is 17.2. The van der Waals surface area contributed by atoms with Gasteiger partial charge in [-0.3, -0.25) is 9.59 Å². The summed E-state index contributed by atoms with van der Waals surface area (Å²) in [5.74, 6) is 1.17. The third-order valence-electron chi connectivity index (χ3n) is 9.36. The van der Waals surface area contributed by atoms with E-state index < -0.39 is 0 Å². The van der Waals surface area contributed by atoms with Crippen molar-refractivity contribution in [2.24, 2.45) is 0 Å². The van der Waals surface area contributed by atoms with Crippen molar-refractivity contribution in [2.75, 3.05) is 6.54 Å². The van der Waals surface area contributed by atoms with E-state index in [-0.39, 0.29) is 27.6 Å². The minimum Gasteiger partial charge on any atom is -0.507 e. The van der Waals surface area contributed by atoms with Crippen LogP contribution < -0.4 is 5.32 Å². The summed E-state index contributed by atoms with van der Waals surface area (Å²) in [5.41, 5.74) is 5.33. The van der Waals surface area contributed by atoms with Gasteiger partial charge in [-0.05, 0) is 80.7 Å². The molecule has 0 atom stereocenters. The number of aromatic hydroxyl groups is 2. The van der Waals surface area contributed by atoms with Gasteiger partial charge in [-0.15, -0.1) is 0 Å². The van der Waals surface area contributed by atoms with Crippen molar-refractivity contribution in [3.8, 4) is 11.5 Å². The lowest BCUT2D eigenvalue weighted by Crippen LogP contribution is -2.24. The molecule has 0 fully saturated rings. The first-order valence-corrected chi connectivity index (χ1v) is 18.5. The van der Waals surface area contributed by atoms with Gasteiger partial charge in [-0.1, -0.05) is 139 Å². The van der Waals surface area contributed by atoms with E-state index in [2.05, 4.69) is 113 Å². The molecular weight excluding hydrogens is 594 g/mol. The Balaban J connectivity index is 1.64. The number of amides is 1. The first-order valence-electron chi connectivity index (χ1n) is 18.5. The number of aryl methyl sites for hydroxylation is 2. The van der Waals surface area contributed by atoms with Gasteiger partial charge in [0.2, 0.25) is 5.91 Å². The molecule has 0 saturated carbocycles. The zero-order chi connectivity index (χ0) is 36.5. The first-order chi connectivity index (χ1) is 22.0. The molecule has 0 aromatic heterocycles. The molecule has 0 unspecified atom stereocenters. The SMILES string of the molecule is CC(C)(C)c1cc(CCC(=O)CCCCCCCCCNC(=O)CCc2cc(C(C)(C)C)c(O)c(C(C)(C)C)c2)cc(C(C)(C)C)c1O. The molecule has 0 spiro atoms. The number of ketones is 1. The zero-order valence-electron chi connectivity index (χ0n) is 32.7. The van der Waals surface area contributed by atoms with Crippen LogP contribution in [0, 0.1) is 0 Å². The van der Waals surface area contributed by atoms with Crippen LogP contribution in [-0.2, 0) is 44.1 Å². The molecule has 5 nitrogen and oxygen atoms in total. The number of hydrogen-bond acceptors (Lipinski definition) is 4. The van der Waals surface area contributed by atoms with Crippen molar-refractivity contribution < 1.29 is 19.8 Å². The van der Waals surface area contributed by atoms with Crippen molar-refractivity contribution >= 4 is 11.7 Å². The number of Topliss-reactive ketones (excluding diaryl/α,β-unsaturated/α-hetero) is 1. The molecule has 0 aliphatic carbocycles. The average molecular weight is 664 g/mol. The molecule has 270 valence electrons. The number of carbonyl (C=O) groups excluding carboxylic acids is 2. The molecule has 0 heterocycles. The Morgan fingerprint density at radius 2 is 0.833 bits per heavy atom. The summed E-state index contributed by atoms with van der Waals surface area (Å²) in [7, 11) is 0. The Morgan fingerprint density at radius 3 is 1.21 bits per heavy atom. The third-order valence-corrected chi connectivity index (χ3v) is 9.36. The maximum absolute atomic E-state index is 12.7. The normalized spacial score (nSPS) is 12.8. The summed E-state index contributed by atoms with van der Waals surface area (Å²) in [4.78, 5) is 25.2. The second-order valence-corrected chi connectivity index (χ2v) is 18.2. The minimum atomic E-state index is -0.177. The summed E-state index contributed by atoms with van der Waals surface area (Å²) in [6.07, 6.45) is 10.6. The van der Waals surface area contributed by atoms with Crippen LogP contribution in [0.25, 0.3) is 0 Å². The van der Waals surface area contributed by atoms with E-state index >= 15 is 0 Å². The van der Waals surface area contributed by atoms with E-state index in [1.54, 1.807) is 0 Å². The predicted octanol–water partition coefficient (Wildman–Crippen LogP) is 10.7. The fourth-order valence-corrected chi connectivity index (χ4v) is 6.28. The number of nitrogens with one attached hydrogen (secondary N) is 1. The number of phenols is 2. The van der Waals surface area contributed by atoms with Gasteiger partial charge in [0.25, 0.3) is 0 Å². The van der Waals surface area contributed by atoms with Gasteiger partial charge in [0.05, 0.1) is 0 Å². The van der Waals surface area contributed by atoms with E-state index in [4.69, 9.17) is 0 Å². The highest BCUT2D eigenvalue weighted by atomic mass is 16.3. The monoisotopic (exact) mass is 664 g/mol. The smallest absolute Gasteiger partial charge is 0.220 e. The summed E-state index contributed by atoms with van der Waals surface area (Å²) in [6, 6.07) is 8.31. The van der Waals surface area contributed by atoms with Gasteiger partial charge in [0, 0.05) is 25.8 Å². The van der Waals surface area contributed by atoms with E-state index in [9.17, 15) is 19.8 Å². The Morgan fingerprint density at radius 1 is 0.500 bits per heavy atom. The Hall–Kier alpha value is -2.82. The van der Waals surface area contributed by atoms with Crippen molar-refractivity contribution in [1.29, 1.82) is 0 Å². The lowest BCUT2D eigenvalue weighted by molar-refractivity contribution is -0.121. The number of rotatable bonds is 16. The van der Waals surface area contributed by atoms with Crippen molar-refractivity contribution in [1.82, 2.24) is 5.32 Å². The molecule has 5 heteroatoms. The first kappa shape index (κ1) is 41.4. The fraction of sp³-hybridized carbons (Fsp3) is 0.674. The molecule has 0 radical (unpaired) electrons. The third kappa shape index (κ3) is 13.2. The van der Waals surface area contributed by atoms with Gasteiger partial charge in [0.1, 0.15) is 17.3 Å². The lowest BCUT2D eigenvalue weighted by atomic mass is 9.78. The van der Waals surface area contributed by atoms with Crippen LogP contribution in [0.15, 0.2) is 24.3 Å². The second-order valence-electron chi connectivity index (χ2n) is 18.2. The van der Waals surface area contributed by atoms with Crippen molar-refractivity contribution in [2.45, 2.75) is 182 Å². The molecule has 3 N–H and O–H groups in total. The van der Waals surface area contributed by atoms with Crippen LogP contribution in [0.5, 0.6) is 11.5 Å². The van der Waals surface area contributed by atoms with E-state index in [1.165, 1.54) is 0 Å². The highest BCUT2D eigenvalue weighted by Crippen LogP contribution is 2.41. The largest absolute Gasteiger partial charge is 0.507 e. The number of benzene rings is 2. The summed E-state index contributed by atoms with van der Waals surface area (Å²) < 4.78 is 0. The molecule has 2 rings (SSSR count). The molecule has 1 amide bonds. The Kier molecular flexibility index (Phi) is 14.8. The van der Waals surface area contributed by atoms with E-state index in [0.717, 1.165) is 84.7 Å². The van der Waals surface area contributed by atoms with Crippen molar-refractivity contribution in [3.63, 3.8) is 0 Å². The maximum atomic E-state index is 12.7. The average Bonchev–Trinajstić information content (AvgIpc) is 2.94. The van der Waals surface area contributed by atoms with Crippen LogP contribution >= 0.6 is 0 Å². The predicted molar refractivity (Wildman–Crippen MR) is 203 cm³/mol. The minimum absolute atomic E-state index is 0.0806. The molecule has 0 bridgehead atoms. The van der Waals surface area contributed by atoms with Gasteiger partial charge >= 0.3 is 0 Å². The highest BCUT2D eigenvalue weighted by molar-refractivity contribution is 5.78. The van der Waals surface area contributed by atoms with Crippen molar-refractivity contribution in [3.05, 3.63) is 57.6 Å². The lowest BCUT2D eigenvalue weighted by Gasteiger charge is -2.28. The molecule has 2 aromatic rings. The van der Waals surface area contributed by atoms with Gasteiger partial charge < -0.3 is 15.5 Å². The van der Waals surface area contributed by atoms with Gasteiger partial charge in [0.15, 0.2) is 0 Å². The molecule has 2 aromatic carbocycles. The fourth-order valence-electron chi connectivity index (χ4n) is 6.28. The highest BCUT2D eigenvalue weighted by Gasteiger charge is 2.28. The standard InChI is InChI=1S/C43H69NO4/c1-40(2,3)33-26-30(27-34(38(33)47)41(4,5)6)21-23-32(45)20-18-16-14-13-15-17-19-25-44-37(46)24-22-31-28-35(42(7,8)9)39(48)36(29-31)43(10,11)12/h26-29,47-48H,13-25H2,1-12H3,(H,44,46). The van der Waals surface area contributed by atoms with Crippen LogP contribution in [-0.4, -0.2) is 28.4 Å². The summed E-state index contributed by atoms with van der Waals surface area (Å²) >= 11 is 0. The Bertz CT molecular complexity index is 1180. The molecule has 0 aliphatic rings. The summed E-state index contributed by atoms with van der Waals surface area (Å²) in [5, 5.41) is 25.0. The zero-order valence-corrected chi connectivity index (χ0v) is 32.7. The van der Waals surface area contributed by atoms with Crippen LogP contribution in [0.1, 0.15) is 181 Å². The number of phenolic OH excluding ortho intramolecular Hbond substituents is 2. The number of carbonyl (C=O) groups is 2. The molecule has 0 aliphatic heterocycles. The topological polar surface area (TPSA) is 86.6 Å². The molecule has 48 heavy (non-hydrogen) atoms. The molecule has 0 saturated heterocycles. The number of hydrogen-bond donors (Lipinski definition) is 3.